The molecule has 0 aliphatic rings. The van der Waals surface area contributed by atoms with Gasteiger partial charge < -0.3 is 14.5 Å². The Hall–Kier alpha value is -3.24. The first-order valence-electron chi connectivity index (χ1n) is 7.33. The van der Waals surface area contributed by atoms with Crippen LogP contribution >= 0.6 is 11.6 Å². The molecule has 0 bridgehead atoms. The van der Waals surface area contributed by atoms with Crippen molar-refractivity contribution >= 4 is 23.3 Å². The van der Waals surface area contributed by atoms with E-state index >= 15 is 0 Å². The highest BCUT2D eigenvalue weighted by molar-refractivity contribution is 6.30. The van der Waals surface area contributed by atoms with Crippen molar-refractivity contribution in [3.8, 4) is 11.8 Å². The van der Waals surface area contributed by atoms with Crippen molar-refractivity contribution in [3.05, 3.63) is 65.2 Å². The van der Waals surface area contributed by atoms with Gasteiger partial charge in [-0.05, 0) is 36.4 Å². The summed E-state index contributed by atoms with van der Waals surface area (Å²) in [5, 5.41) is 15.9. The number of hydrogen-bond donors (Lipinski definition) is 1. The molecule has 2 heterocycles. The Morgan fingerprint density at radius 2 is 2.08 bits per heavy atom. The van der Waals surface area contributed by atoms with Gasteiger partial charge in [0.1, 0.15) is 24.7 Å². The van der Waals surface area contributed by atoms with Crippen LogP contribution in [0.3, 0.4) is 0 Å². The van der Waals surface area contributed by atoms with Crippen molar-refractivity contribution in [1.82, 2.24) is 9.78 Å². The molecular formula is C17H13ClN4O3. The molecule has 3 rings (SSSR count). The van der Waals surface area contributed by atoms with Crippen LogP contribution in [-0.2, 0) is 13.2 Å². The summed E-state index contributed by atoms with van der Waals surface area (Å²) >= 11 is 5.81. The highest BCUT2D eigenvalue weighted by atomic mass is 35.5. The molecule has 0 radical (unpaired) electrons. The molecule has 0 saturated carbocycles. The van der Waals surface area contributed by atoms with E-state index in [-0.39, 0.29) is 18.9 Å². The first-order chi connectivity index (χ1) is 12.1. The Bertz CT molecular complexity index is 909. The lowest BCUT2D eigenvalue weighted by Gasteiger charge is -2.04. The van der Waals surface area contributed by atoms with Gasteiger partial charge in [0.25, 0.3) is 5.91 Å². The minimum absolute atomic E-state index is 0.114. The first kappa shape index (κ1) is 16.6. The van der Waals surface area contributed by atoms with Crippen LogP contribution in [0, 0.1) is 11.3 Å². The topological polar surface area (TPSA) is 93.1 Å². The summed E-state index contributed by atoms with van der Waals surface area (Å²) in [7, 11) is 0. The van der Waals surface area contributed by atoms with E-state index in [9.17, 15) is 4.79 Å². The van der Waals surface area contributed by atoms with E-state index in [1.807, 2.05) is 6.07 Å². The van der Waals surface area contributed by atoms with Crippen LogP contribution in [0.1, 0.15) is 16.3 Å². The quantitative estimate of drug-likeness (QED) is 0.729. The molecule has 0 atom stereocenters. The van der Waals surface area contributed by atoms with E-state index in [2.05, 4.69) is 10.4 Å². The van der Waals surface area contributed by atoms with Gasteiger partial charge in [0, 0.05) is 17.3 Å². The number of aromatic nitrogens is 2. The zero-order valence-corrected chi connectivity index (χ0v) is 13.7. The van der Waals surface area contributed by atoms with Gasteiger partial charge >= 0.3 is 0 Å². The molecule has 126 valence electrons. The summed E-state index contributed by atoms with van der Waals surface area (Å²) in [5.74, 6) is 1.21. The maximum absolute atomic E-state index is 12.1. The summed E-state index contributed by atoms with van der Waals surface area (Å²) in [4.78, 5) is 12.1. The number of carbonyl (C=O) groups is 1. The van der Waals surface area contributed by atoms with Crippen molar-refractivity contribution in [2.45, 2.75) is 13.2 Å². The molecule has 0 saturated heterocycles. The van der Waals surface area contributed by atoms with Gasteiger partial charge in [-0.25, -0.2) is 0 Å². The van der Waals surface area contributed by atoms with Gasteiger partial charge in [-0.2, -0.15) is 10.4 Å². The second-order valence-corrected chi connectivity index (χ2v) is 5.46. The summed E-state index contributed by atoms with van der Waals surface area (Å²) < 4.78 is 12.4. The highest BCUT2D eigenvalue weighted by Crippen LogP contribution is 2.18. The molecule has 0 unspecified atom stereocenters. The third-order valence-corrected chi connectivity index (χ3v) is 3.45. The Balaban J connectivity index is 1.57. The fraction of sp³-hybridized carbons (Fsp3) is 0.118. The SMILES string of the molecule is N#CCn1ccc(NC(=O)c2ccc(COc3ccc(Cl)cc3)o2)n1. The van der Waals surface area contributed by atoms with E-state index in [0.717, 1.165) is 0 Å². The van der Waals surface area contributed by atoms with Crippen molar-refractivity contribution in [3.63, 3.8) is 0 Å². The number of amides is 1. The zero-order chi connectivity index (χ0) is 17.6. The summed E-state index contributed by atoms with van der Waals surface area (Å²) in [5.41, 5.74) is 0. The molecule has 1 N–H and O–H groups in total. The van der Waals surface area contributed by atoms with Gasteiger partial charge in [0.05, 0.1) is 6.07 Å². The average Bonchev–Trinajstić information content (AvgIpc) is 3.24. The minimum Gasteiger partial charge on any atom is -0.486 e. The van der Waals surface area contributed by atoms with E-state index in [4.69, 9.17) is 26.0 Å². The number of hydrogen-bond acceptors (Lipinski definition) is 5. The smallest absolute Gasteiger partial charge is 0.292 e. The fourth-order valence-electron chi connectivity index (χ4n) is 2.03. The highest BCUT2D eigenvalue weighted by Gasteiger charge is 2.13. The zero-order valence-electron chi connectivity index (χ0n) is 13.0. The number of nitriles is 1. The number of ether oxygens (including phenoxy) is 1. The van der Waals surface area contributed by atoms with Gasteiger partial charge in [-0.3, -0.25) is 9.48 Å². The monoisotopic (exact) mass is 356 g/mol. The predicted molar refractivity (Wildman–Crippen MR) is 90.3 cm³/mol. The van der Waals surface area contributed by atoms with Crippen LogP contribution in [-0.4, -0.2) is 15.7 Å². The van der Waals surface area contributed by atoms with Gasteiger partial charge in [-0.1, -0.05) is 11.6 Å². The molecule has 0 aliphatic carbocycles. The van der Waals surface area contributed by atoms with Gasteiger partial charge in [0.2, 0.25) is 0 Å². The predicted octanol–water partition coefficient (Wildman–Crippen LogP) is 3.48. The number of nitrogens with zero attached hydrogens (tertiary/aromatic N) is 3. The number of halogens is 1. The number of benzene rings is 1. The molecule has 2 aromatic heterocycles. The van der Waals surface area contributed by atoms with Crippen LogP contribution in [0.15, 0.2) is 53.1 Å². The lowest BCUT2D eigenvalue weighted by atomic mass is 10.3. The molecule has 8 heteroatoms. The van der Waals surface area contributed by atoms with Crippen LogP contribution in [0.4, 0.5) is 5.82 Å². The van der Waals surface area contributed by atoms with E-state index in [0.29, 0.717) is 22.4 Å². The molecule has 0 spiro atoms. The maximum atomic E-state index is 12.1. The number of furan rings is 1. The van der Waals surface area contributed by atoms with Crippen molar-refractivity contribution in [2.24, 2.45) is 0 Å². The molecule has 1 aromatic carbocycles. The molecule has 0 fully saturated rings. The van der Waals surface area contributed by atoms with E-state index in [1.165, 1.54) is 4.68 Å². The second kappa shape index (κ2) is 7.55. The number of rotatable bonds is 6. The van der Waals surface area contributed by atoms with Crippen molar-refractivity contribution in [2.75, 3.05) is 5.32 Å². The molecule has 3 aromatic rings. The van der Waals surface area contributed by atoms with E-state index < -0.39 is 5.91 Å². The van der Waals surface area contributed by atoms with Gasteiger partial charge in [0.15, 0.2) is 11.6 Å². The van der Waals surface area contributed by atoms with E-state index in [1.54, 1.807) is 48.7 Å². The van der Waals surface area contributed by atoms with Crippen LogP contribution in [0.5, 0.6) is 5.75 Å². The molecule has 1 amide bonds. The van der Waals surface area contributed by atoms with Crippen molar-refractivity contribution in [1.29, 1.82) is 5.26 Å². The van der Waals surface area contributed by atoms with Crippen LogP contribution in [0.2, 0.25) is 5.02 Å². The van der Waals surface area contributed by atoms with Crippen molar-refractivity contribution < 1.29 is 13.9 Å². The second-order valence-electron chi connectivity index (χ2n) is 5.02. The Morgan fingerprint density at radius 3 is 2.84 bits per heavy atom. The summed E-state index contributed by atoms with van der Waals surface area (Å²) in [6.45, 7) is 0.300. The van der Waals surface area contributed by atoms with Crippen LogP contribution < -0.4 is 10.1 Å². The number of nitrogens with one attached hydrogen (secondary N) is 1. The lowest BCUT2D eigenvalue weighted by Crippen LogP contribution is -2.11. The molecule has 7 nitrogen and oxygen atoms in total. The first-order valence-corrected chi connectivity index (χ1v) is 7.70. The summed E-state index contributed by atoms with van der Waals surface area (Å²) in [6, 6.07) is 13.7. The third kappa shape index (κ3) is 4.40. The number of anilines is 1. The van der Waals surface area contributed by atoms with Crippen LogP contribution in [0.25, 0.3) is 0 Å². The fourth-order valence-corrected chi connectivity index (χ4v) is 2.16. The average molecular weight is 357 g/mol. The van der Waals surface area contributed by atoms with Gasteiger partial charge in [-0.15, -0.1) is 0 Å². The Morgan fingerprint density at radius 1 is 1.28 bits per heavy atom. The molecule has 0 aliphatic heterocycles. The Kier molecular flexibility index (Phi) is 5.02. The summed E-state index contributed by atoms with van der Waals surface area (Å²) in [6.07, 6.45) is 1.60. The molecular weight excluding hydrogens is 344 g/mol. The number of carbonyl (C=O) groups excluding carboxylic acids is 1. The molecule has 25 heavy (non-hydrogen) atoms. The minimum atomic E-state index is -0.431. The third-order valence-electron chi connectivity index (χ3n) is 3.20. The normalized spacial score (nSPS) is 10.2. The Labute approximate surface area is 148 Å². The largest absolute Gasteiger partial charge is 0.486 e. The standard InChI is InChI=1S/C17H13ClN4O3/c18-12-1-3-13(4-2-12)24-11-14-5-6-15(25-14)17(23)20-16-7-9-22(21-16)10-8-19/h1-7,9H,10-11H2,(H,20,21,23). The maximum Gasteiger partial charge on any atom is 0.292 e. The lowest BCUT2D eigenvalue weighted by molar-refractivity contribution is 0.0992.